The van der Waals surface area contributed by atoms with Crippen molar-refractivity contribution in [3.8, 4) is 67.3 Å². The Bertz CT molecular complexity index is 3540. The number of pyridine rings is 1. The molecule has 3 nitrogen and oxygen atoms in total. The van der Waals surface area contributed by atoms with Gasteiger partial charge in [0, 0.05) is 44.0 Å². The zero-order chi connectivity index (χ0) is 41.0. The molecule has 0 saturated heterocycles. The van der Waals surface area contributed by atoms with Crippen molar-refractivity contribution in [1.82, 2.24) is 14.1 Å². The quantitative estimate of drug-likeness (QED) is 0.158. The molecule has 0 fully saturated rings. The summed E-state index contributed by atoms with van der Waals surface area (Å²) in [7, 11) is 0. The molecule has 0 radical (unpaired) electrons. The number of nitrogens with zero attached hydrogens (tertiary/aromatic N) is 3. The van der Waals surface area contributed by atoms with Gasteiger partial charge in [0.15, 0.2) is 0 Å². The Morgan fingerprint density at radius 3 is 1.23 bits per heavy atom. The molecule has 0 bridgehead atoms. The third-order valence-electron chi connectivity index (χ3n) is 12.3. The summed E-state index contributed by atoms with van der Waals surface area (Å²) in [6, 6.07) is 85.2. The van der Waals surface area contributed by atoms with Gasteiger partial charge in [0.2, 0.25) is 0 Å². The molecule has 0 spiro atoms. The smallest absolute Gasteiger partial charge is 0.0716 e. The van der Waals surface area contributed by atoms with E-state index < -0.39 is 0 Å². The lowest BCUT2D eigenvalue weighted by Gasteiger charge is -2.13. The summed E-state index contributed by atoms with van der Waals surface area (Å²) in [5, 5.41) is 4.93. The topological polar surface area (TPSA) is 22.8 Å². The SMILES string of the molecule is c1ccc(-c2ccc(-n3c4ccccc4c4cc(-c5ccc6c(c5)c5ccccc5n6-c5cccc(-c6cc(-c7ccccc7)cc(-c7ccccc7)n6)c5)ccc43)cc2)cc1. The van der Waals surface area contributed by atoms with Crippen LogP contribution in [0.15, 0.2) is 237 Å². The minimum atomic E-state index is 0.941. The van der Waals surface area contributed by atoms with E-state index in [-0.39, 0.29) is 0 Å². The van der Waals surface area contributed by atoms with Gasteiger partial charge in [0.1, 0.15) is 0 Å². The summed E-state index contributed by atoms with van der Waals surface area (Å²) in [5.41, 5.74) is 18.2. The molecule has 0 N–H and O–H groups in total. The standard InChI is InChI=1S/C59H39N3/c1-4-15-40(16-5-1)42-27-31-48(32-28-42)61-56-25-12-10-23-50(56)52-36-44(29-33-58(52)61)45-30-34-59-53(37-45)51-24-11-13-26-57(51)62(59)49-22-14-21-46(35-49)55-39-47(41-17-6-2-7-18-41)38-54(60-55)43-19-8-3-9-20-43/h1-39H. The van der Waals surface area contributed by atoms with Crippen LogP contribution in [-0.2, 0) is 0 Å². The van der Waals surface area contributed by atoms with E-state index >= 15 is 0 Å². The van der Waals surface area contributed by atoms with Crippen LogP contribution >= 0.6 is 0 Å². The summed E-state index contributed by atoms with van der Waals surface area (Å²) in [6.45, 7) is 0. The minimum Gasteiger partial charge on any atom is -0.309 e. The molecular weight excluding hydrogens is 751 g/mol. The van der Waals surface area contributed by atoms with Gasteiger partial charge in [0.05, 0.1) is 33.5 Å². The first-order chi connectivity index (χ1) is 30.7. The van der Waals surface area contributed by atoms with Crippen LogP contribution in [0.2, 0.25) is 0 Å². The molecule has 0 unspecified atom stereocenters. The zero-order valence-electron chi connectivity index (χ0n) is 33.9. The van der Waals surface area contributed by atoms with Crippen molar-refractivity contribution in [3.63, 3.8) is 0 Å². The lowest BCUT2D eigenvalue weighted by atomic mass is 10.00. The van der Waals surface area contributed by atoms with Gasteiger partial charge in [-0.1, -0.05) is 164 Å². The van der Waals surface area contributed by atoms with E-state index in [0.29, 0.717) is 0 Å². The molecule has 290 valence electrons. The van der Waals surface area contributed by atoms with Gasteiger partial charge in [-0.05, 0) is 106 Å². The molecule has 9 aromatic carbocycles. The maximum atomic E-state index is 5.25. The lowest BCUT2D eigenvalue weighted by Crippen LogP contribution is -1.96. The molecule has 0 amide bonds. The Labute approximate surface area is 360 Å². The predicted molar refractivity (Wildman–Crippen MR) is 260 cm³/mol. The Balaban J connectivity index is 0.958. The highest BCUT2D eigenvalue weighted by molar-refractivity contribution is 6.12. The van der Waals surface area contributed by atoms with Gasteiger partial charge in [0.25, 0.3) is 0 Å². The number of aromatic nitrogens is 3. The molecule has 0 aliphatic heterocycles. The van der Waals surface area contributed by atoms with Crippen molar-refractivity contribution in [3.05, 3.63) is 237 Å². The molecule has 0 saturated carbocycles. The first-order valence-electron chi connectivity index (χ1n) is 21.2. The molecular formula is C59H39N3. The third kappa shape index (κ3) is 6.10. The van der Waals surface area contributed by atoms with E-state index in [0.717, 1.165) is 39.5 Å². The number of fused-ring (bicyclic) bond motifs is 6. The maximum absolute atomic E-state index is 5.25. The van der Waals surface area contributed by atoms with Crippen molar-refractivity contribution >= 4 is 43.6 Å². The lowest BCUT2D eigenvalue weighted by molar-refractivity contribution is 1.18. The fourth-order valence-corrected chi connectivity index (χ4v) is 9.33. The second-order valence-electron chi connectivity index (χ2n) is 16.0. The highest BCUT2D eigenvalue weighted by Gasteiger charge is 2.17. The van der Waals surface area contributed by atoms with Gasteiger partial charge in [-0.3, -0.25) is 0 Å². The maximum Gasteiger partial charge on any atom is 0.0716 e. The van der Waals surface area contributed by atoms with E-state index in [1.165, 1.54) is 71.4 Å². The summed E-state index contributed by atoms with van der Waals surface area (Å²) < 4.78 is 4.79. The zero-order valence-corrected chi connectivity index (χ0v) is 33.9. The second kappa shape index (κ2) is 14.8. The first-order valence-corrected chi connectivity index (χ1v) is 21.2. The van der Waals surface area contributed by atoms with Gasteiger partial charge < -0.3 is 9.13 Å². The molecule has 12 rings (SSSR count). The second-order valence-corrected chi connectivity index (χ2v) is 16.0. The summed E-state index contributed by atoms with van der Waals surface area (Å²) in [4.78, 5) is 5.25. The number of benzene rings is 9. The van der Waals surface area contributed by atoms with E-state index in [9.17, 15) is 0 Å². The number of para-hydroxylation sites is 2. The van der Waals surface area contributed by atoms with Crippen LogP contribution in [0, 0.1) is 0 Å². The summed E-state index contributed by atoms with van der Waals surface area (Å²) in [6.07, 6.45) is 0. The summed E-state index contributed by atoms with van der Waals surface area (Å²) >= 11 is 0. The van der Waals surface area contributed by atoms with E-state index in [1.807, 2.05) is 0 Å². The van der Waals surface area contributed by atoms with Gasteiger partial charge in [-0.25, -0.2) is 4.98 Å². The van der Waals surface area contributed by atoms with Crippen molar-refractivity contribution in [2.45, 2.75) is 0 Å². The largest absolute Gasteiger partial charge is 0.309 e. The Morgan fingerprint density at radius 1 is 0.226 bits per heavy atom. The third-order valence-corrected chi connectivity index (χ3v) is 12.3. The van der Waals surface area contributed by atoms with E-state index in [4.69, 9.17) is 4.98 Å². The molecule has 3 heterocycles. The van der Waals surface area contributed by atoms with Crippen LogP contribution in [0.5, 0.6) is 0 Å². The Morgan fingerprint density at radius 2 is 0.645 bits per heavy atom. The highest BCUT2D eigenvalue weighted by Crippen LogP contribution is 2.39. The van der Waals surface area contributed by atoms with Crippen molar-refractivity contribution in [1.29, 1.82) is 0 Å². The van der Waals surface area contributed by atoms with E-state index in [1.54, 1.807) is 0 Å². The predicted octanol–water partition coefficient (Wildman–Crippen LogP) is 15.6. The molecule has 62 heavy (non-hydrogen) atoms. The van der Waals surface area contributed by atoms with Crippen LogP contribution in [0.3, 0.4) is 0 Å². The van der Waals surface area contributed by atoms with Crippen molar-refractivity contribution < 1.29 is 0 Å². The molecule has 0 atom stereocenters. The number of rotatable bonds is 7. The normalized spacial score (nSPS) is 11.5. The number of hydrogen-bond acceptors (Lipinski definition) is 1. The number of hydrogen-bond donors (Lipinski definition) is 0. The summed E-state index contributed by atoms with van der Waals surface area (Å²) in [5.74, 6) is 0. The van der Waals surface area contributed by atoms with Crippen LogP contribution in [-0.4, -0.2) is 14.1 Å². The average Bonchev–Trinajstić information content (AvgIpc) is 3.87. The Kier molecular flexibility index (Phi) is 8.50. The van der Waals surface area contributed by atoms with Gasteiger partial charge in [-0.2, -0.15) is 0 Å². The molecule has 0 aliphatic rings. The Hall–Kier alpha value is -8.27. The van der Waals surface area contributed by atoms with Crippen LogP contribution in [0.1, 0.15) is 0 Å². The molecule has 3 heteroatoms. The minimum absolute atomic E-state index is 0.941. The van der Waals surface area contributed by atoms with Gasteiger partial charge >= 0.3 is 0 Å². The van der Waals surface area contributed by atoms with Gasteiger partial charge in [-0.15, -0.1) is 0 Å². The van der Waals surface area contributed by atoms with E-state index in [2.05, 4.69) is 246 Å². The van der Waals surface area contributed by atoms with Crippen molar-refractivity contribution in [2.24, 2.45) is 0 Å². The first kappa shape index (κ1) is 35.7. The average molecular weight is 790 g/mol. The molecule has 3 aromatic heterocycles. The fraction of sp³-hybridized carbons (Fsp3) is 0. The highest BCUT2D eigenvalue weighted by atomic mass is 15.0. The van der Waals surface area contributed by atoms with Crippen LogP contribution in [0.4, 0.5) is 0 Å². The molecule has 0 aliphatic carbocycles. The van der Waals surface area contributed by atoms with Crippen LogP contribution in [0.25, 0.3) is 111 Å². The molecule has 12 aromatic rings. The van der Waals surface area contributed by atoms with Crippen LogP contribution < -0.4 is 0 Å². The van der Waals surface area contributed by atoms with Crippen molar-refractivity contribution in [2.75, 3.05) is 0 Å². The monoisotopic (exact) mass is 789 g/mol. The fourth-order valence-electron chi connectivity index (χ4n) is 9.33.